The van der Waals surface area contributed by atoms with Crippen molar-refractivity contribution in [1.82, 2.24) is 5.06 Å². The van der Waals surface area contributed by atoms with E-state index < -0.39 is 32.1 Å². The molecule has 0 radical (unpaired) electrons. The quantitative estimate of drug-likeness (QED) is 0.686. The van der Waals surface area contributed by atoms with Gasteiger partial charge in [0.2, 0.25) is 0 Å². The molecule has 1 unspecified atom stereocenters. The van der Waals surface area contributed by atoms with Crippen LogP contribution in [0.3, 0.4) is 0 Å². The van der Waals surface area contributed by atoms with Crippen molar-refractivity contribution < 1.29 is 12.3 Å². The first-order valence-corrected chi connectivity index (χ1v) is 4.19. The second kappa shape index (κ2) is 4.11. The molecule has 1 atom stereocenters. The lowest BCUT2D eigenvalue weighted by Gasteiger charge is -2.46. The van der Waals surface area contributed by atoms with Gasteiger partial charge in [0.25, 0.3) is 0 Å². The first-order chi connectivity index (χ1) is 10.2. The molecule has 0 N–H and O–H groups in total. The Bertz CT molecular complexity index is 484. The van der Waals surface area contributed by atoms with E-state index in [0.29, 0.717) is 5.56 Å². The highest BCUT2D eigenvalue weighted by Crippen LogP contribution is 2.25. The van der Waals surface area contributed by atoms with Crippen LogP contribution in [0.2, 0.25) is 0 Å². The molecule has 0 bridgehead atoms. The Morgan fingerprint density at radius 3 is 2.36 bits per heavy atom. The molecule has 2 nitrogen and oxygen atoms in total. The van der Waals surface area contributed by atoms with Gasteiger partial charge in [-0.2, -0.15) is 0 Å². The Morgan fingerprint density at radius 2 is 1.86 bits per heavy atom. The zero-order valence-electron chi connectivity index (χ0n) is 16.8. The molecule has 0 fully saturated rings. The van der Waals surface area contributed by atoms with Crippen LogP contribution in [0.15, 0.2) is 30.3 Å². The van der Waals surface area contributed by atoms with Gasteiger partial charge in [0, 0.05) is 23.9 Å². The van der Waals surface area contributed by atoms with Crippen LogP contribution in [0, 0.1) is 5.21 Å². The summed E-state index contributed by atoms with van der Waals surface area (Å²) in [6.45, 7) is -9.36. The predicted octanol–water partition coefficient (Wildman–Crippen LogP) is 3.35. The van der Waals surface area contributed by atoms with Crippen LogP contribution in [0.1, 0.15) is 51.4 Å². The van der Waals surface area contributed by atoms with Crippen molar-refractivity contribution in [3.05, 3.63) is 41.1 Å². The van der Waals surface area contributed by atoms with Crippen LogP contribution in [-0.2, 0) is 0 Å². The molecule has 14 heavy (non-hydrogen) atoms. The molecule has 0 spiro atoms. The summed E-state index contributed by atoms with van der Waals surface area (Å²) >= 11 is 0. The molecule has 0 aliphatic rings. The monoisotopic (exact) mass is 201 g/mol. The lowest BCUT2D eigenvalue weighted by molar-refractivity contribution is 0.156. The zero-order valence-corrected chi connectivity index (χ0v) is 7.82. The Hall–Kier alpha value is -0.860. The number of nitrogens with zero attached hydrogens (tertiary/aromatic N) is 1. The van der Waals surface area contributed by atoms with E-state index in [1.165, 1.54) is 19.1 Å². The van der Waals surface area contributed by atoms with Crippen LogP contribution in [0.5, 0.6) is 0 Å². The molecule has 0 saturated heterocycles. The molecule has 1 aromatic carbocycles. The maximum absolute atomic E-state index is 12.7. The summed E-state index contributed by atoms with van der Waals surface area (Å²) in [5.41, 5.74) is -3.20. The SMILES string of the molecule is [2H]C([2H])([2H])C(N([O-])C(C)c1ccccc1)(C([2H])([2H])[2H])C([2H])([2H])[2H]. The Labute approximate surface area is 98.8 Å². The summed E-state index contributed by atoms with van der Waals surface area (Å²) in [4.78, 5) is 0. The molecule has 1 aromatic rings. The summed E-state index contributed by atoms with van der Waals surface area (Å²) in [7, 11) is 0. The minimum absolute atomic E-state index is 0.296. The summed E-state index contributed by atoms with van der Waals surface area (Å²) in [5, 5.41) is 12.4. The molecule has 0 saturated carbocycles. The number of benzene rings is 1. The molecular formula is C12H18NO-. The van der Waals surface area contributed by atoms with Crippen molar-refractivity contribution >= 4 is 0 Å². The lowest BCUT2D eigenvalue weighted by Crippen LogP contribution is -2.38. The maximum Gasteiger partial charge on any atom is 0.0249 e. The van der Waals surface area contributed by atoms with Crippen LogP contribution in [0.25, 0.3) is 0 Å². The Balaban J connectivity index is 3.58. The van der Waals surface area contributed by atoms with Gasteiger partial charge in [0.15, 0.2) is 0 Å². The molecule has 0 aliphatic heterocycles. The van der Waals surface area contributed by atoms with Crippen molar-refractivity contribution in [3.63, 3.8) is 0 Å². The number of rotatable bonds is 2. The minimum Gasteiger partial charge on any atom is -0.784 e. The van der Waals surface area contributed by atoms with E-state index in [-0.39, 0.29) is 5.06 Å². The summed E-state index contributed by atoms with van der Waals surface area (Å²) in [6.07, 6.45) is 0. The molecule has 0 aromatic heterocycles. The second-order valence-electron chi connectivity index (χ2n) is 3.12. The highest BCUT2D eigenvalue weighted by Gasteiger charge is 2.18. The first kappa shape index (κ1) is 3.95. The minimum atomic E-state index is -3.55. The van der Waals surface area contributed by atoms with E-state index in [0.717, 1.165) is 0 Å². The second-order valence-corrected chi connectivity index (χ2v) is 3.12. The third-order valence-corrected chi connectivity index (χ3v) is 1.96. The van der Waals surface area contributed by atoms with Gasteiger partial charge < -0.3 is 10.3 Å². The number of hydroxylamine groups is 2. The molecule has 2 heteroatoms. The van der Waals surface area contributed by atoms with Gasteiger partial charge in [-0.25, -0.2) is 0 Å². The fourth-order valence-electron chi connectivity index (χ4n) is 1.16. The van der Waals surface area contributed by atoms with E-state index in [4.69, 9.17) is 12.3 Å². The fraction of sp³-hybridized carbons (Fsp3) is 0.500. The molecule has 0 aliphatic carbocycles. The van der Waals surface area contributed by atoms with Crippen LogP contribution in [-0.4, -0.2) is 10.6 Å². The van der Waals surface area contributed by atoms with Gasteiger partial charge in [-0.15, -0.1) is 0 Å². The average Bonchev–Trinajstić information content (AvgIpc) is 2.34. The highest BCUT2D eigenvalue weighted by atomic mass is 16.5. The topological polar surface area (TPSA) is 26.3 Å². The van der Waals surface area contributed by atoms with Gasteiger partial charge in [0.05, 0.1) is 0 Å². The largest absolute Gasteiger partial charge is 0.784 e. The summed E-state index contributed by atoms with van der Waals surface area (Å²) in [6, 6.07) is 6.56. The first-order valence-electron chi connectivity index (χ1n) is 8.69. The van der Waals surface area contributed by atoms with Gasteiger partial charge in [-0.05, 0) is 33.0 Å². The predicted molar refractivity (Wildman–Crippen MR) is 59.8 cm³/mol. The Kier molecular flexibility index (Phi) is 1.16. The van der Waals surface area contributed by atoms with Crippen molar-refractivity contribution in [3.8, 4) is 0 Å². The van der Waals surface area contributed by atoms with E-state index in [1.54, 1.807) is 18.2 Å². The molecule has 78 valence electrons. The summed E-state index contributed by atoms with van der Waals surface area (Å²) < 4.78 is 67.6. The van der Waals surface area contributed by atoms with Gasteiger partial charge in [0.1, 0.15) is 0 Å². The smallest absolute Gasteiger partial charge is 0.0249 e. The normalized spacial score (nSPS) is 26.6. The van der Waals surface area contributed by atoms with Crippen molar-refractivity contribution in [2.45, 2.75) is 39.1 Å². The number of hydrogen-bond acceptors (Lipinski definition) is 2. The Morgan fingerprint density at radius 1 is 1.29 bits per heavy atom. The molecule has 1 rings (SSSR count). The van der Waals surface area contributed by atoms with Gasteiger partial charge in [-0.3, -0.25) is 0 Å². The third-order valence-electron chi connectivity index (χ3n) is 1.96. The standard InChI is InChI=1S/C12H18NO/c1-10(13(14)12(2,3)4)11-8-6-5-7-9-11/h5-10H,1-4H3/q-1/i2D3,3D3,4D3. The van der Waals surface area contributed by atoms with E-state index in [2.05, 4.69) is 0 Å². The summed E-state index contributed by atoms with van der Waals surface area (Å²) in [5.74, 6) is 0. The molecule has 0 amide bonds. The van der Waals surface area contributed by atoms with Crippen molar-refractivity contribution in [1.29, 1.82) is 0 Å². The lowest BCUT2D eigenvalue weighted by atomic mass is 10.0. The van der Waals surface area contributed by atoms with Crippen LogP contribution in [0.4, 0.5) is 0 Å². The van der Waals surface area contributed by atoms with Crippen molar-refractivity contribution in [2.75, 3.05) is 0 Å². The van der Waals surface area contributed by atoms with E-state index >= 15 is 0 Å². The van der Waals surface area contributed by atoms with Crippen LogP contribution >= 0.6 is 0 Å². The van der Waals surface area contributed by atoms with Gasteiger partial charge in [-0.1, -0.05) is 30.3 Å². The maximum atomic E-state index is 12.7. The molecular weight excluding hydrogens is 174 g/mol. The fourth-order valence-corrected chi connectivity index (χ4v) is 1.16. The van der Waals surface area contributed by atoms with E-state index in [9.17, 15) is 5.21 Å². The average molecular weight is 201 g/mol. The van der Waals surface area contributed by atoms with E-state index in [1.807, 2.05) is 0 Å². The van der Waals surface area contributed by atoms with Crippen LogP contribution < -0.4 is 0 Å². The number of hydrogen-bond donors (Lipinski definition) is 0. The zero-order chi connectivity index (χ0) is 18.3. The van der Waals surface area contributed by atoms with Gasteiger partial charge >= 0.3 is 0 Å². The van der Waals surface area contributed by atoms with Crippen molar-refractivity contribution in [2.24, 2.45) is 0 Å². The third kappa shape index (κ3) is 2.56. The molecule has 0 heterocycles. The highest BCUT2D eigenvalue weighted by molar-refractivity contribution is 5.18.